The largest absolute Gasteiger partial charge is 0.461 e. The zero-order chi connectivity index (χ0) is 14.4. The Bertz CT molecular complexity index is 459. The zero-order valence-electron chi connectivity index (χ0n) is 11.6. The molecule has 0 aliphatic heterocycles. The smallest absolute Gasteiger partial charge is 0.358 e. The molecule has 0 saturated carbocycles. The molecule has 1 heterocycles. The zero-order valence-corrected chi connectivity index (χ0v) is 12.4. The number of rotatable bonds is 6. The molecule has 1 rings (SSSR count). The predicted octanol–water partition coefficient (Wildman–Crippen LogP) is 1.56. The van der Waals surface area contributed by atoms with Crippen molar-refractivity contribution in [2.24, 2.45) is 0 Å². The molecule has 106 valence electrons. The number of hydrogen-bond acceptors (Lipinski definition) is 6. The van der Waals surface area contributed by atoms with Crippen LogP contribution in [0.15, 0.2) is 0 Å². The lowest BCUT2D eigenvalue weighted by Gasteiger charge is -2.11. The highest BCUT2D eigenvalue weighted by Crippen LogP contribution is 2.23. The van der Waals surface area contributed by atoms with Crippen LogP contribution in [-0.4, -0.2) is 36.1 Å². The molecule has 0 saturated heterocycles. The topological polar surface area (TPSA) is 80.3 Å². The molecule has 1 atom stereocenters. The molecule has 2 N–H and O–H groups in total. The first-order valence-corrected chi connectivity index (χ1v) is 7.00. The van der Waals surface area contributed by atoms with Crippen LogP contribution in [-0.2, 0) is 9.53 Å². The highest BCUT2D eigenvalue weighted by molar-refractivity contribution is 7.15. The third-order valence-corrected chi connectivity index (χ3v) is 3.25. The Morgan fingerprint density at radius 3 is 2.68 bits per heavy atom. The molecule has 1 unspecified atom stereocenters. The van der Waals surface area contributed by atoms with Gasteiger partial charge in [-0.1, -0.05) is 0 Å². The first kappa shape index (κ1) is 15.4. The Labute approximate surface area is 116 Å². The second kappa shape index (κ2) is 7.08. The average molecular weight is 285 g/mol. The highest BCUT2D eigenvalue weighted by Gasteiger charge is 2.19. The van der Waals surface area contributed by atoms with E-state index in [0.717, 1.165) is 4.88 Å². The van der Waals surface area contributed by atoms with Gasteiger partial charge < -0.3 is 15.4 Å². The number of aryl methyl sites for hydroxylation is 1. The Morgan fingerprint density at radius 1 is 1.42 bits per heavy atom. The molecule has 0 radical (unpaired) electrons. The second-order valence-electron chi connectivity index (χ2n) is 3.90. The van der Waals surface area contributed by atoms with Crippen molar-refractivity contribution in [3.8, 4) is 0 Å². The number of aromatic nitrogens is 1. The third-order valence-electron chi connectivity index (χ3n) is 2.35. The summed E-state index contributed by atoms with van der Waals surface area (Å²) in [6, 6.07) is -0.402. The third kappa shape index (κ3) is 4.20. The second-order valence-corrected chi connectivity index (χ2v) is 5.11. The first-order valence-electron chi connectivity index (χ1n) is 6.18. The molecule has 0 spiro atoms. The monoisotopic (exact) mass is 285 g/mol. The summed E-state index contributed by atoms with van der Waals surface area (Å²) < 4.78 is 4.91. The van der Waals surface area contributed by atoms with Gasteiger partial charge in [0.1, 0.15) is 6.04 Å². The van der Waals surface area contributed by atoms with Gasteiger partial charge in [0, 0.05) is 11.4 Å². The molecule has 6 nitrogen and oxygen atoms in total. The van der Waals surface area contributed by atoms with Crippen LogP contribution in [0, 0.1) is 6.92 Å². The van der Waals surface area contributed by atoms with Crippen molar-refractivity contribution in [3.05, 3.63) is 10.6 Å². The van der Waals surface area contributed by atoms with E-state index >= 15 is 0 Å². The molecule has 0 aliphatic rings. The maximum atomic E-state index is 11.6. The van der Waals surface area contributed by atoms with Gasteiger partial charge in [0.25, 0.3) is 0 Å². The van der Waals surface area contributed by atoms with Crippen LogP contribution < -0.4 is 10.6 Å². The van der Waals surface area contributed by atoms with Gasteiger partial charge in [0.2, 0.25) is 5.91 Å². The van der Waals surface area contributed by atoms with Gasteiger partial charge in [0.15, 0.2) is 10.8 Å². The van der Waals surface area contributed by atoms with Crippen LogP contribution >= 0.6 is 11.3 Å². The molecule has 0 aromatic carbocycles. The van der Waals surface area contributed by atoms with E-state index in [0.29, 0.717) is 24.0 Å². The van der Waals surface area contributed by atoms with E-state index < -0.39 is 12.0 Å². The van der Waals surface area contributed by atoms with Crippen LogP contribution in [0.4, 0.5) is 5.13 Å². The van der Waals surface area contributed by atoms with Crippen molar-refractivity contribution >= 4 is 28.3 Å². The van der Waals surface area contributed by atoms with Gasteiger partial charge >= 0.3 is 5.97 Å². The number of thiazole rings is 1. The standard InChI is InChI=1S/C12H19N3O3S/c1-5-13-10(16)7(3)14-12-15-9(8(4)19-12)11(17)18-6-2/h7H,5-6H2,1-4H3,(H,13,16)(H,14,15). The van der Waals surface area contributed by atoms with Gasteiger partial charge in [-0.3, -0.25) is 4.79 Å². The van der Waals surface area contributed by atoms with Gasteiger partial charge in [-0.25, -0.2) is 9.78 Å². The minimum Gasteiger partial charge on any atom is -0.461 e. The van der Waals surface area contributed by atoms with Gasteiger partial charge in [-0.2, -0.15) is 0 Å². The minimum atomic E-state index is -0.435. The molecule has 0 bridgehead atoms. The van der Waals surface area contributed by atoms with Crippen LogP contribution in [0.1, 0.15) is 36.1 Å². The van der Waals surface area contributed by atoms with E-state index in [1.165, 1.54) is 11.3 Å². The molecule has 7 heteroatoms. The van der Waals surface area contributed by atoms with Crippen LogP contribution in [0.5, 0.6) is 0 Å². The van der Waals surface area contributed by atoms with Crippen LogP contribution in [0.2, 0.25) is 0 Å². The minimum absolute atomic E-state index is 0.104. The number of amides is 1. The number of nitrogens with zero attached hydrogens (tertiary/aromatic N) is 1. The number of hydrogen-bond donors (Lipinski definition) is 2. The molecule has 19 heavy (non-hydrogen) atoms. The fraction of sp³-hybridized carbons (Fsp3) is 0.583. The maximum absolute atomic E-state index is 11.6. The van der Waals surface area contributed by atoms with E-state index in [1.54, 1.807) is 20.8 Å². The number of esters is 1. The Morgan fingerprint density at radius 2 is 2.11 bits per heavy atom. The Balaban J connectivity index is 2.73. The molecule has 1 amide bonds. The van der Waals surface area contributed by atoms with E-state index in [4.69, 9.17) is 4.74 Å². The van der Waals surface area contributed by atoms with E-state index in [-0.39, 0.29) is 5.91 Å². The lowest BCUT2D eigenvalue weighted by Crippen LogP contribution is -2.37. The summed E-state index contributed by atoms with van der Waals surface area (Å²) in [4.78, 5) is 28.1. The number of ether oxygens (including phenoxy) is 1. The SMILES string of the molecule is CCNC(=O)C(C)Nc1nc(C(=O)OCC)c(C)s1. The number of carbonyl (C=O) groups is 2. The average Bonchev–Trinajstić information content (AvgIpc) is 2.70. The van der Waals surface area contributed by atoms with E-state index in [1.807, 2.05) is 6.92 Å². The van der Waals surface area contributed by atoms with Crippen molar-refractivity contribution in [1.29, 1.82) is 0 Å². The fourth-order valence-electron chi connectivity index (χ4n) is 1.43. The summed E-state index contributed by atoms with van der Waals surface area (Å²) in [6.07, 6.45) is 0. The van der Waals surface area contributed by atoms with E-state index in [2.05, 4.69) is 15.6 Å². The normalized spacial score (nSPS) is 11.8. The Hall–Kier alpha value is -1.63. The van der Waals surface area contributed by atoms with Gasteiger partial charge in [-0.05, 0) is 27.7 Å². The summed E-state index contributed by atoms with van der Waals surface area (Å²) in [5, 5.41) is 6.23. The summed E-state index contributed by atoms with van der Waals surface area (Å²) >= 11 is 1.33. The van der Waals surface area contributed by atoms with Gasteiger partial charge in [-0.15, -0.1) is 11.3 Å². The molecular formula is C12H19N3O3S. The lowest BCUT2D eigenvalue weighted by atomic mass is 10.3. The van der Waals surface area contributed by atoms with Crippen molar-refractivity contribution in [2.75, 3.05) is 18.5 Å². The highest BCUT2D eigenvalue weighted by atomic mass is 32.1. The first-order chi connectivity index (χ1) is 8.99. The number of anilines is 1. The molecule has 0 fully saturated rings. The molecular weight excluding hydrogens is 266 g/mol. The maximum Gasteiger partial charge on any atom is 0.358 e. The van der Waals surface area contributed by atoms with Crippen LogP contribution in [0.25, 0.3) is 0 Å². The number of carbonyl (C=O) groups excluding carboxylic acids is 2. The summed E-state index contributed by atoms with van der Waals surface area (Å²) in [7, 11) is 0. The van der Waals surface area contributed by atoms with Crippen molar-refractivity contribution in [2.45, 2.75) is 33.7 Å². The fourth-order valence-corrected chi connectivity index (χ4v) is 2.31. The van der Waals surface area contributed by atoms with Crippen molar-refractivity contribution < 1.29 is 14.3 Å². The molecule has 1 aromatic rings. The van der Waals surface area contributed by atoms with Crippen molar-refractivity contribution in [1.82, 2.24) is 10.3 Å². The Kier molecular flexibility index (Phi) is 5.75. The lowest BCUT2D eigenvalue weighted by molar-refractivity contribution is -0.121. The summed E-state index contributed by atoms with van der Waals surface area (Å²) in [5.41, 5.74) is 0.303. The summed E-state index contributed by atoms with van der Waals surface area (Å²) in [5.74, 6) is -0.539. The van der Waals surface area contributed by atoms with Crippen LogP contribution in [0.3, 0.4) is 0 Å². The quantitative estimate of drug-likeness (QED) is 0.775. The summed E-state index contributed by atoms with van der Waals surface area (Å²) in [6.45, 7) is 8.04. The van der Waals surface area contributed by atoms with Gasteiger partial charge in [0.05, 0.1) is 6.61 Å². The van der Waals surface area contributed by atoms with E-state index in [9.17, 15) is 9.59 Å². The predicted molar refractivity (Wildman–Crippen MR) is 74.6 cm³/mol. The number of likely N-dealkylation sites (N-methyl/N-ethyl adjacent to an activating group) is 1. The molecule has 0 aliphatic carbocycles. The van der Waals surface area contributed by atoms with Crippen molar-refractivity contribution in [3.63, 3.8) is 0 Å². The molecule has 1 aromatic heterocycles. The number of nitrogens with one attached hydrogen (secondary N) is 2.